The largest absolute Gasteiger partial charge is 0.467 e. The molecule has 6 nitrogen and oxygen atoms in total. The van der Waals surface area contributed by atoms with Crippen LogP contribution in [0.25, 0.3) is 0 Å². The summed E-state index contributed by atoms with van der Waals surface area (Å²) in [5.41, 5.74) is 6.00. The van der Waals surface area contributed by atoms with Gasteiger partial charge in [-0.15, -0.1) is 0 Å². The number of ether oxygens (including phenoxy) is 2. The van der Waals surface area contributed by atoms with Crippen LogP contribution in [0.5, 0.6) is 0 Å². The molecular weight excluding hydrogens is 343 g/mol. The maximum Gasteiger partial charge on any atom is 0.408 e. The highest BCUT2D eigenvalue weighted by molar-refractivity contribution is 6.35. The Bertz CT molecular complexity index is 577. The lowest BCUT2D eigenvalue weighted by molar-refractivity contribution is -0.143. The molecule has 0 aliphatic rings. The van der Waals surface area contributed by atoms with E-state index in [9.17, 15) is 9.59 Å². The summed E-state index contributed by atoms with van der Waals surface area (Å²) in [5, 5.41) is 3.14. The summed E-state index contributed by atoms with van der Waals surface area (Å²) in [6.45, 7) is 5.15. The first-order valence-corrected chi connectivity index (χ1v) is 7.60. The molecule has 128 valence electrons. The lowest BCUT2D eigenvalue weighted by atomic mass is 10.0. The van der Waals surface area contributed by atoms with Crippen molar-refractivity contribution in [2.75, 3.05) is 12.8 Å². The van der Waals surface area contributed by atoms with Crippen LogP contribution in [0.2, 0.25) is 10.0 Å². The minimum absolute atomic E-state index is 0.0494. The SMILES string of the molecule is COC(=O)[C@@H](Cc1c(N)cc(Cl)cc1Cl)NC(=O)OC(C)(C)C. The molecule has 0 fully saturated rings. The molecule has 0 aliphatic carbocycles. The minimum atomic E-state index is -0.990. The summed E-state index contributed by atoms with van der Waals surface area (Å²) < 4.78 is 9.84. The third-order valence-corrected chi connectivity index (χ3v) is 3.34. The van der Waals surface area contributed by atoms with Gasteiger partial charge in [-0.2, -0.15) is 0 Å². The zero-order valence-corrected chi connectivity index (χ0v) is 14.9. The van der Waals surface area contributed by atoms with E-state index in [0.717, 1.165) is 0 Å². The average molecular weight is 363 g/mol. The molecule has 0 aliphatic heterocycles. The van der Waals surface area contributed by atoms with Crippen molar-refractivity contribution in [2.45, 2.75) is 38.8 Å². The third-order valence-electron chi connectivity index (χ3n) is 2.78. The van der Waals surface area contributed by atoms with Crippen molar-refractivity contribution >= 4 is 41.0 Å². The number of amides is 1. The van der Waals surface area contributed by atoms with Gasteiger partial charge in [0.05, 0.1) is 7.11 Å². The highest BCUT2D eigenvalue weighted by Gasteiger charge is 2.26. The maximum atomic E-state index is 11.9. The number of rotatable bonds is 4. The van der Waals surface area contributed by atoms with Crippen LogP contribution in [-0.2, 0) is 20.7 Å². The zero-order valence-electron chi connectivity index (χ0n) is 13.4. The Morgan fingerprint density at radius 3 is 2.39 bits per heavy atom. The number of nitrogen functional groups attached to an aromatic ring is 1. The van der Waals surface area contributed by atoms with Gasteiger partial charge in [-0.25, -0.2) is 9.59 Å². The number of anilines is 1. The Morgan fingerprint density at radius 2 is 1.91 bits per heavy atom. The molecule has 0 saturated heterocycles. The molecular formula is C15H20Cl2N2O4. The van der Waals surface area contributed by atoms with Gasteiger partial charge in [0, 0.05) is 22.2 Å². The highest BCUT2D eigenvalue weighted by Crippen LogP contribution is 2.28. The molecule has 8 heteroatoms. The Morgan fingerprint density at radius 1 is 1.30 bits per heavy atom. The van der Waals surface area contributed by atoms with E-state index in [2.05, 4.69) is 5.32 Å². The minimum Gasteiger partial charge on any atom is -0.467 e. The fourth-order valence-electron chi connectivity index (χ4n) is 1.83. The molecule has 1 atom stereocenters. The fraction of sp³-hybridized carbons (Fsp3) is 0.467. The third kappa shape index (κ3) is 6.15. The van der Waals surface area contributed by atoms with E-state index >= 15 is 0 Å². The molecule has 1 rings (SSSR count). The molecule has 0 spiro atoms. The first-order valence-electron chi connectivity index (χ1n) is 6.84. The van der Waals surface area contributed by atoms with Gasteiger partial charge in [0.25, 0.3) is 0 Å². The second-order valence-electron chi connectivity index (χ2n) is 5.88. The van der Waals surface area contributed by atoms with Crippen molar-refractivity contribution in [3.05, 3.63) is 27.7 Å². The van der Waals surface area contributed by atoms with Gasteiger partial charge in [-0.3, -0.25) is 0 Å². The first-order chi connectivity index (χ1) is 10.5. The Hall–Kier alpha value is -1.66. The second kappa shape index (κ2) is 7.75. The Kier molecular flexibility index (Phi) is 6.53. The van der Waals surface area contributed by atoms with Crippen LogP contribution < -0.4 is 11.1 Å². The smallest absolute Gasteiger partial charge is 0.408 e. The topological polar surface area (TPSA) is 90.6 Å². The number of hydrogen-bond donors (Lipinski definition) is 2. The van der Waals surface area contributed by atoms with Crippen LogP contribution in [0, 0.1) is 0 Å². The van der Waals surface area contributed by atoms with E-state index in [1.54, 1.807) is 20.8 Å². The van der Waals surface area contributed by atoms with Gasteiger partial charge in [-0.1, -0.05) is 23.2 Å². The van der Waals surface area contributed by atoms with E-state index in [1.165, 1.54) is 19.2 Å². The zero-order chi connectivity index (χ0) is 17.8. The van der Waals surface area contributed by atoms with Crippen molar-refractivity contribution in [3.8, 4) is 0 Å². The molecule has 1 aromatic carbocycles. The predicted octanol–water partition coefficient (Wildman–Crippen LogP) is 3.18. The van der Waals surface area contributed by atoms with Gasteiger partial charge < -0.3 is 20.5 Å². The molecule has 1 aromatic rings. The molecule has 0 unspecified atom stereocenters. The fourth-order valence-corrected chi connectivity index (χ4v) is 2.41. The van der Waals surface area contributed by atoms with Crippen LogP contribution in [0.1, 0.15) is 26.3 Å². The second-order valence-corrected chi connectivity index (χ2v) is 6.73. The summed E-state index contributed by atoms with van der Waals surface area (Å²) in [6, 6.07) is 2.04. The molecule has 0 heterocycles. The highest BCUT2D eigenvalue weighted by atomic mass is 35.5. The average Bonchev–Trinajstić information content (AvgIpc) is 2.38. The Labute approximate surface area is 145 Å². The summed E-state index contributed by atoms with van der Waals surface area (Å²) in [7, 11) is 1.22. The number of methoxy groups -OCH3 is 1. The number of nitrogens with one attached hydrogen (secondary N) is 1. The van der Waals surface area contributed by atoms with Crippen LogP contribution in [0.15, 0.2) is 12.1 Å². The molecule has 3 N–H and O–H groups in total. The standard InChI is InChI=1S/C15H20Cl2N2O4/c1-15(2,3)23-14(21)19-12(13(20)22-4)7-9-10(17)5-8(16)6-11(9)18/h5-6,12H,7,18H2,1-4H3,(H,19,21)/t12-/m1/s1. The summed E-state index contributed by atoms with van der Waals surface area (Å²) in [5.74, 6) is -0.638. The predicted molar refractivity (Wildman–Crippen MR) is 89.8 cm³/mol. The van der Waals surface area contributed by atoms with Crippen LogP contribution in [0.4, 0.5) is 10.5 Å². The first kappa shape index (κ1) is 19.4. The van der Waals surface area contributed by atoms with Crippen LogP contribution >= 0.6 is 23.2 Å². The van der Waals surface area contributed by atoms with Crippen molar-refractivity contribution in [1.29, 1.82) is 0 Å². The molecule has 23 heavy (non-hydrogen) atoms. The molecule has 0 saturated carbocycles. The van der Waals surface area contributed by atoms with Crippen molar-refractivity contribution in [2.24, 2.45) is 0 Å². The molecule has 1 amide bonds. The lowest BCUT2D eigenvalue weighted by Gasteiger charge is -2.23. The summed E-state index contributed by atoms with van der Waals surface area (Å²) >= 11 is 12.0. The number of carbonyl (C=O) groups is 2. The van der Waals surface area contributed by atoms with Crippen LogP contribution in [-0.4, -0.2) is 30.8 Å². The summed E-state index contributed by atoms with van der Waals surface area (Å²) in [6.07, 6.45) is -0.690. The number of halogens is 2. The number of nitrogens with two attached hydrogens (primary N) is 1. The monoisotopic (exact) mass is 362 g/mol. The number of carbonyl (C=O) groups excluding carboxylic acids is 2. The number of esters is 1. The number of hydrogen-bond acceptors (Lipinski definition) is 5. The normalized spacial score (nSPS) is 12.4. The van der Waals surface area contributed by atoms with Crippen molar-refractivity contribution < 1.29 is 19.1 Å². The quantitative estimate of drug-likeness (QED) is 0.633. The molecule has 0 radical (unpaired) electrons. The van der Waals surface area contributed by atoms with E-state index in [0.29, 0.717) is 21.3 Å². The van der Waals surface area contributed by atoms with E-state index in [4.69, 9.17) is 38.4 Å². The van der Waals surface area contributed by atoms with E-state index in [-0.39, 0.29) is 6.42 Å². The van der Waals surface area contributed by atoms with Gasteiger partial charge in [-0.05, 0) is 38.5 Å². The van der Waals surface area contributed by atoms with Gasteiger partial charge in [0.15, 0.2) is 0 Å². The van der Waals surface area contributed by atoms with E-state index in [1.807, 2.05) is 0 Å². The van der Waals surface area contributed by atoms with Gasteiger partial charge in [0.2, 0.25) is 0 Å². The van der Waals surface area contributed by atoms with Crippen molar-refractivity contribution in [1.82, 2.24) is 5.32 Å². The Balaban J connectivity index is 2.97. The molecule has 0 bridgehead atoms. The van der Waals surface area contributed by atoms with Gasteiger partial charge in [0.1, 0.15) is 11.6 Å². The van der Waals surface area contributed by atoms with E-state index < -0.39 is 23.7 Å². The number of alkyl carbamates (subject to hydrolysis) is 1. The number of benzene rings is 1. The van der Waals surface area contributed by atoms with Gasteiger partial charge >= 0.3 is 12.1 Å². The van der Waals surface area contributed by atoms with Crippen molar-refractivity contribution in [3.63, 3.8) is 0 Å². The summed E-state index contributed by atoms with van der Waals surface area (Å²) in [4.78, 5) is 23.8. The molecule has 0 aromatic heterocycles. The maximum absolute atomic E-state index is 11.9. The van der Waals surface area contributed by atoms with Crippen LogP contribution in [0.3, 0.4) is 0 Å². The lowest BCUT2D eigenvalue weighted by Crippen LogP contribution is -2.45.